The van der Waals surface area contributed by atoms with Gasteiger partial charge in [0.05, 0.1) is 12.4 Å². The second-order valence-electron chi connectivity index (χ2n) is 8.48. The van der Waals surface area contributed by atoms with Gasteiger partial charge in [-0.05, 0) is 51.0 Å². The first-order chi connectivity index (χ1) is 16.1. The molecule has 8 heteroatoms. The van der Waals surface area contributed by atoms with E-state index in [4.69, 9.17) is 9.47 Å². The van der Waals surface area contributed by atoms with Gasteiger partial charge in [-0.3, -0.25) is 9.36 Å². The summed E-state index contributed by atoms with van der Waals surface area (Å²) in [6.45, 7) is 4.98. The Labute approximate surface area is 197 Å². The largest absolute Gasteiger partial charge is 0.494 e. The lowest BCUT2D eigenvalue weighted by Gasteiger charge is -2.13. The van der Waals surface area contributed by atoms with Crippen LogP contribution in [0.4, 0.5) is 0 Å². The summed E-state index contributed by atoms with van der Waals surface area (Å²) in [6.07, 6.45) is 3.32. The summed E-state index contributed by atoms with van der Waals surface area (Å²) in [4.78, 5) is 12.7. The number of hydrogen-bond donors (Lipinski definition) is 1. The summed E-state index contributed by atoms with van der Waals surface area (Å²) in [6, 6.07) is 14.1. The molecule has 5 rings (SSSR count). The quantitative estimate of drug-likeness (QED) is 0.477. The number of fused-ring (bicyclic) bond motifs is 1. The highest BCUT2D eigenvalue weighted by Gasteiger charge is 2.31. The van der Waals surface area contributed by atoms with E-state index >= 15 is 0 Å². The monoisotopic (exact) mass is 464 g/mol. The van der Waals surface area contributed by atoms with Gasteiger partial charge in [0.1, 0.15) is 23.4 Å². The van der Waals surface area contributed by atoms with Crippen LogP contribution in [0.25, 0.3) is 5.69 Å². The van der Waals surface area contributed by atoms with E-state index in [9.17, 15) is 4.79 Å². The molecule has 172 valence electrons. The number of amides is 1. The molecule has 1 amide bonds. The number of aromatic nitrogens is 3. The second-order valence-corrected chi connectivity index (χ2v) is 9.43. The highest BCUT2D eigenvalue weighted by Crippen LogP contribution is 2.41. The molecule has 2 aliphatic rings. The van der Waals surface area contributed by atoms with Gasteiger partial charge in [0, 0.05) is 35.7 Å². The zero-order chi connectivity index (χ0) is 22.8. The van der Waals surface area contributed by atoms with E-state index in [0.29, 0.717) is 19.1 Å². The van der Waals surface area contributed by atoms with Crippen molar-refractivity contribution in [2.45, 2.75) is 56.8 Å². The average Bonchev–Trinajstić information content (AvgIpc) is 3.47. The second kappa shape index (κ2) is 9.47. The zero-order valence-corrected chi connectivity index (χ0v) is 19.7. The van der Waals surface area contributed by atoms with Gasteiger partial charge < -0.3 is 14.8 Å². The summed E-state index contributed by atoms with van der Waals surface area (Å²) in [5.41, 5.74) is 3.11. The molecule has 3 aromatic rings. The molecule has 1 aliphatic carbocycles. The Morgan fingerprint density at radius 1 is 1.24 bits per heavy atom. The lowest BCUT2D eigenvalue weighted by Crippen LogP contribution is -2.25. The van der Waals surface area contributed by atoms with E-state index in [-0.39, 0.29) is 17.8 Å². The van der Waals surface area contributed by atoms with Crippen LogP contribution in [0.2, 0.25) is 0 Å². The van der Waals surface area contributed by atoms with E-state index in [2.05, 4.69) is 27.0 Å². The predicted octanol–water partition coefficient (Wildman–Crippen LogP) is 4.28. The third-order valence-electron chi connectivity index (χ3n) is 5.80. The molecule has 0 radical (unpaired) electrons. The summed E-state index contributed by atoms with van der Waals surface area (Å²) in [7, 11) is 0. The molecule has 1 saturated carbocycles. The lowest BCUT2D eigenvalue weighted by atomic mass is 10.1. The van der Waals surface area contributed by atoms with Gasteiger partial charge in [-0.1, -0.05) is 30.0 Å². The molecule has 1 fully saturated rings. The fourth-order valence-electron chi connectivity index (χ4n) is 4.08. The van der Waals surface area contributed by atoms with Crippen LogP contribution in [0.5, 0.6) is 11.5 Å². The van der Waals surface area contributed by atoms with Crippen LogP contribution in [0.15, 0.2) is 47.6 Å². The van der Waals surface area contributed by atoms with Crippen LogP contribution < -0.4 is 14.8 Å². The van der Waals surface area contributed by atoms with Gasteiger partial charge in [0.25, 0.3) is 0 Å². The van der Waals surface area contributed by atoms with Crippen molar-refractivity contribution in [3.05, 3.63) is 59.4 Å². The van der Waals surface area contributed by atoms with Crippen LogP contribution in [-0.4, -0.2) is 39.1 Å². The number of hydrogen-bond acceptors (Lipinski definition) is 6. The smallest absolute Gasteiger partial charge is 0.230 e. The van der Waals surface area contributed by atoms with E-state index < -0.39 is 0 Å². The zero-order valence-electron chi connectivity index (χ0n) is 18.9. The van der Waals surface area contributed by atoms with Gasteiger partial charge in [-0.25, -0.2) is 0 Å². The van der Waals surface area contributed by atoms with Crippen molar-refractivity contribution in [2.75, 3.05) is 12.4 Å². The number of carbonyl (C=O) groups excluding carboxylic acids is 1. The first kappa shape index (κ1) is 21.8. The Kier molecular flexibility index (Phi) is 6.26. The topological polar surface area (TPSA) is 78.3 Å². The fourth-order valence-corrected chi connectivity index (χ4v) is 4.87. The van der Waals surface area contributed by atoms with Crippen LogP contribution >= 0.6 is 11.8 Å². The normalized spacial score (nSPS) is 16.8. The summed E-state index contributed by atoms with van der Waals surface area (Å²) >= 11 is 1.41. The number of rotatable bonds is 9. The Morgan fingerprint density at radius 3 is 2.82 bits per heavy atom. The number of thioether (sulfide) groups is 1. The standard InChI is InChI=1S/C25H28N4O3S/c1-3-31-21-12-18-11-16(2)32-22(18)13-19(21)14-26-23(30)15-33-25-28-27-24(17-9-10-17)29(25)20-7-5-4-6-8-20/h4-8,12-13,16-17H,3,9-11,14-15H2,1-2H3,(H,26,30)/t16-/m1/s1. The van der Waals surface area contributed by atoms with E-state index in [0.717, 1.165) is 58.6 Å². The van der Waals surface area contributed by atoms with Gasteiger partial charge in [0.2, 0.25) is 5.91 Å². The van der Waals surface area contributed by atoms with Crippen LogP contribution in [0.1, 0.15) is 49.6 Å². The molecule has 0 saturated heterocycles. The Morgan fingerprint density at radius 2 is 2.06 bits per heavy atom. The summed E-state index contributed by atoms with van der Waals surface area (Å²) in [5, 5.41) is 12.6. The number of carbonyl (C=O) groups is 1. The maximum absolute atomic E-state index is 12.7. The SMILES string of the molecule is CCOc1cc2c(cc1CNC(=O)CSc1nnc(C3CC3)n1-c1ccccc1)O[C@H](C)C2. The molecule has 1 N–H and O–H groups in total. The molecule has 0 unspecified atom stereocenters. The molecule has 1 atom stereocenters. The minimum absolute atomic E-state index is 0.0622. The third-order valence-corrected chi connectivity index (χ3v) is 6.73. The minimum atomic E-state index is -0.0622. The highest BCUT2D eigenvalue weighted by atomic mass is 32.2. The maximum Gasteiger partial charge on any atom is 0.230 e. The number of nitrogens with one attached hydrogen (secondary N) is 1. The van der Waals surface area contributed by atoms with Crippen molar-refractivity contribution in [1.82, 2.24) is 20.1 Å². The van der Waals surface area contributed by atoms with Gasteiger partial charge in [0.15, 0.2) is 5.16 Å². The molecule has 7 nitrogen and oxygen atoms in total. The molecule has 2 aromatic carbocycles. The van der Waals surface area contributed by atoms with Gasteiger partial charge in [-0.15, -0.1) is 10.2 Å². The van der Waals surface area contributed by atoms with Crippen molar-refractivity contribution < 1.29 is 14.3 Å². The van der Waals surface area contributed by atoms with Crippen molar-refractivity contribution in [3.8, 4) is 17.2 Å². The minimum Gasteiger partial charge on any atom is -0.494 e. The van der Waals surface area contributed by atoms with Crippen molar-refractivity contribution >= 4 is 17.7 Å². The van der Waals surface area contributed by atoms with Crippen LogP contribution in [0.3, 0.4) is 0 Å². The molecular weight excluding hydrogens is 436 g/mol. The first-order valence-corrected chi connectivity index (χ1v) is 12.5. The number of benzene rings is 2. The van der Waals surface area contributed by atoms with Crippen LogP contribution in [0, 0.1) is 0 Å². The fraction of sp³-hybridized carbons (Fsp3) is 0.400. The van der Waals surface area contributed by atoms with Gasteiger partial charge in [-0.2, -0.15) is 0 Å². The Bertz CT molecular complexity index is 1140. The molecule has 2 heterocycles. The molecule has 1 aliphatic heterocycles. The summed E-state index contributed by atoms with van der Waals surface area (Å²) in [5.74, 6) is 3.33. The van der Waals surface area contributed by atoms with Crippen LogP contribution in [-0.2, 0) is 17.8 Å². The third kappa shape index (κ3) is 4.85. The molecular formula is C25H28N4O3S. The molecule has 0 spiro atoms. The van der Waals surface area contributed by atoms with Crippen molar-refractivity contribution in [1.29, 1.82) is 0 Å². The highest BCUT2D eigenvalue weighted by molar-refractivity contribution is 7.99. The molecule has 33 heavy (non-hydrogen) atoms. The predicted molar refractivity (Wildman–Crippen MR) is 127 cm³/mol. The van der Waals surface area contributed by atoms with Crippen molar-refractivity contribution in [2.24, 2.45) is 0 Å². The number of para-hydroxylation sites is 1. The lowest BCUT2D eigenvalue weighted by molar-refractivity contribution is -0.118. The molecule has 1 aromatic heterocycles. The molecule has 0 bridgehead atoms. The van der Waals surface area contributed by atoms with E-state index in [1.807, 2.05) is 49.4 Å². The summed E-state index contributed by atoms with van der Waals surface area (Å²) < 4.78 is 13.8. The number of nitrogens with zero attached hydrogens (tertiary/aromatic N) is 3. The van der Waals surface area contributed by atoms with E-state index in [1.165, 1.54) is 11.8 Å². The van der Waals surface area contributed by atoms with E-state index in [1.54, 1.807) is 0 Å². The van der Waals surface area contributed by atoms with Gasteiger partial charge >= 0.3 is 0 Å². The number of ether oxygens (including phenoxy) is 2. The maximum atomic E-state index is 12.7. The Balaban J connectivity index is 1.25. The Hall–Kier alpha value is -3.00. The van der Waals surface area contributed by atoms with Crippen molar-refractivity contribution in [3.63, 3.8) is 0 Å². The average molecular weight is 465 g/mol. The first-order valence-electron chi connectivity index (χ1n) is 11.5.